The van der Waals surface area contributed by atoms with Gasteiger partial charge >= 0.3 is 0 Å². The molecular formula is C20H25ClN2O3. The molecule has 1 aliphatic rings. The number of nitrogens with one attached hydrogen (secondary N) is 2. The zero-order chi connectivity index (χ0) is 17.6. The monoisotopic (exact) mass is 376 g/mol. The molecule has 1 aromatic heterocycles. The topological polar surface area (TPSA) is 63.5 Å². The van der Waals surface area contributed by atoms with Gasteiger partial charge in [0.25, 0.3) is 5.91 Å². The van der Waals surface area contributed by atoms with Crippen molar-refractivity contribution in [1.82, 2.24) is 10.6 Å². The number of carbonyl (C=O) groups is 1. The average Bonchev–Trinajstić information content (AvgIpc) is 3.09. The number of hydrogen-bond donors (Lipinski definition) is 2. The van der Waals surface area contributed by atoms with Crippen LogP contribution in [0.1, 0.15) is 33.9 Å². The van der Waals surface area contributed by atoms with Gasteiger partial charge in [0.1, 0.15) is 18.1 Å². The van der Waals surface area contributed by atoms with Crippen LogP contribution in [0.25, 0.3) is 0 Å². The van der Waals surface area contributed by atoms with Crippen LogP contribution in [0.4, 0.5) is 0 Å². The van der Waals surface area contributed by atoms with Gasteiger partial charge in [-0.05, 0) is 50.6 Å². The van der Waals surface area contributed by atoms with Crippen LogP contribution in [0.15, 0.2) is 46.4 Å². The van der Waals surface area contributed by atoms with Gasteiger partial charge in [-0.2, -0.15) is 0 Å². The summed E-state index contributed by atoms with van der Waals surface area (Å²) in [5.41, 5.74) is 3.53. The molecule has 140 valence electrons. The summed E-state index contributed by atoms with van der Waals surface area (Å²) >= 11 is 0. The van der Waals surface area contributed by atoms with Gasteiger partial charge in [0.15, 0.2) is 5.76 Å². The summed E-state index contributed by atoms with van der Waals surface area (Å²) in [7, 11) is 0. The Morgan fingerprint density at radius 1 is 1.27 bits per heavy atom. The van der Waals surface area contributed by atoms with Crippen molar-refractivity contribution in [1.29, 1.82) is 0 Å². The molecule has 0 spiro atoms. The number of hydrogen-bond acceptors (Lipinski definition) is 4. The van der Waals surface area contributed by atoms with E-state index in [9.17, 15) is 4.79 Å². The van der Waals surface area contributed by atoms with Crippen molar-refractivity contribution in [2.24, 2.45) is 0 Å². The molecule has 0 radical (unpaired) electrons. The fourth-order valence-corrected chi connectivity index (χ4v) is 2.80. The summed E-state index contributed by atoms with van der Waals surface area (Å²) in [6.07, 6.45) is 3.09. The molecule has 0 aliphatic carbocycles. The first kappa shape index (κ1) is 20.1. The van der Waals surface area contributed by atoms with Crippen molar-refractivity contribution < 1.29 is 13.9 Å². The van der Waals surface area contributed by atoms with Gasteiger partial charge in [-0.3, -0.25) is 4.79 Å². The lowest BCUT2D eigenvalue weighted by molar-refractivity contribution is 0.0925. The summed E-state index contributed by atoms with van der Waals surface area (Å²) in [6, 6.07) is 9.51. The molecule has 5 nitrogen and oxygen atoms in total. The Morgan fingerprint density at radius 2 is 2.12 bits per heavy atom. The van der Waals surface area contributed by atoms with Crippen molar-refractivity contribution in [3.05, 3.63) is 64.6 Å². The summed E-state index contributed by atoms with van der Waals surface area (Å²) in [4.78, 5) is 12.2. The highest BCUT2D eigenvalue weighted by molar-refractivity contribution is 5.91. The number of ether oxygens (including phenoxy) is 1. The number of rotatable bonds is 6. The van der Waals surface area contributed by atoms with E-state index in [0.717, 1.165) is 30.8 Å². The minimum atomic E-state index is -0.197. The van der Waals surface area contributed by atoms with E-state index >= 15 is 0 Å². The Kier molecular flexibility index (Phi) is 7.30. The van der Waals surface area contributed by atoms with Crippen molar-refractivity contribution in [2.45, 2.75) is 26.9 Å². The summed E-state index contributed by atoms with van der Waals surface area (Å²) in [5, 5.41) is 6.15. The van der Waals surface area contributed by atoms with Crippen LogP contribution in [0.2, 0.25) is 0 Å². The Balaban J connectivity index is 0.00000243. The standard InChI is InChI=1S/C20H24N2O3.ClH/c1-14-3-5-18(15(2)11-14)24-13-17-4-6-19(25-17)20(23)22-12-16-7-9-21-10-8-16;/h3-7,11,21H,8-10,12-13H2,1-2H3,(H,22,23);1H. The first-order valence-electron chi connectivity index (χ1n) is 8.57. The van der Waals surface area contributed by atoms with Crippen LogP contribution in [-0.2, 0) is 6.61 Å². The van der Waals surface area contributed by atoms with Crippen LogP contribution >= 0.6 is 12.4 Å². The van der Waals surface area contributed by atoms with Gasteiger partial charge in [0.2, 0.25) is 0 Å². The summed E-state index contributed by atoms with van der Waals surface area (Å²) in [5.74, 6) is 1.57. The number of amides is 1. The van der Waals surface area contributed by atoms with Gasteiger partial charge in [-0.15, -0.1) is 12.4 Å². The highest BCUT2D eigenvalue weighted by Crippen LogP contribution is 2.20. The van der Waals surface area contributed by atoms with E-state index < -0.39 is 0 Å². The van der Waals surface area contributed by atoms with Crippen molar-refractivity contribution >= 4 is 18.3 Å². The molecule has 1 amide bonds. The minimum absolute atomic E-state index is 0. The smallest absolute Gasteiger partial charge is 0.287 e. The predicted molar refractivity (Wildman–Crippen MR) is 104 cm³/mol. The number of aryl methyl sites for hydroxylation is 2. The van der Waals surface area contributed by atoms with E-state index in [4.69, 9.17) is 9.15 Å². The molecule has 0 unspecified atom stereocenters. The number of carbonyl (C=O) groups excluding carboxylic acids is 1. The van der Waals surface area contributed by atoms with Crippen LogP contribution < -0.4 is 15.4 Å². The largest absolute Gasteiger partial charge is 0.485 e. The Bertz CT molecular complexity index is 783. The van der Waals surface area contributed by atoms with Gasteiger partial charge < -0.3 is 19.8 Å². The third-order valence-electron chi connectivity index (χ3n) is 4.22. The zero-order valence-corrected chi connectivity index (χ0v) is 15.9. The fourth-order valence-electron chi connectivity index (χ4n) is 2.80. The average molecular weight is 377 g/mol. The zero-order valence-electron chi connectivity index (χ0n) is 15.1. The molecule has 0 saturated carbocycles. The van der Waals surface area contributed by atoms with Crippen LogP contribution in [0.5, 0.6) is 5.75 Å². The minimum Gasteiger partial charge on any atom is -0.485 e. The van der Waals surface area contributed by atoms with Gasteiger partial charge in [-0.25, -0.2) is 0 Å². The second-order valence-corrected chi connectivity index (χ2v) is 6.32. The van der Waals surface area contributed by atoms with Gasteiger partial charge in [-0.1, -0.05) is 29.3 Å². The molecule has 6 heteroatoms. The SMILES string of the molecule is Cc1ccc(OCc2ccc(C(=O)NCC3=CCNCC3)o2)c(C)c1.Cl. The normalized spacial score (nSPS) is 13.5. The van der Waals surface area contributed by atoms with E-state index in [2.05, 4.69) is 22.8 Å². The third-order valence-corrected chi connectivity index (χ3v) is 4.22. The lowest BCUT2D eigenvalue weighted by Crippen LogP contribution is -2.29. The third kappa shape index (κ3) is 5.38. The maximum Gasteiger partial charge on any atom is 0.287 e. The molecule has 2 aromatic rings. The Labute approximate surface area is 160 Å². The molecular weight excluding hydrogens is 352 g/mol. The predicted octanol–water partition coefficient (Wildman–Crippen LogP) is 3.55. The molecule has 2 N–H and O–H groups in total. The lowest BCUT2D eigenvalue weighted by Gasteiger charge is -2.14. The maximum absolute atomic E-state index is 12.2. The molecule has 3 rings (SSSR count). The molecule has 1 aliphatic heterocycles. The van der Waals surface area contributed by atoms with Crippen LogP contribution in [-0.4, -0.2) is 25.5 Å². The van der Waals surface area contributed by atoms with E-state index in [-0.39, 0.29) is 18.3 Å². The Morgan fingerprint density at radius 3 is 2.85 bits per heavy atom. The molecule has 26 heavy (non-hydrogen) atoms. The lowest BCUT2D eigenvalue weighted by atomic mass is 10.1. The number of furan rings is 1. The van der Waals surface area contributed by atoms with Crippen LogP contribution in [0.3, 0.4) is 0 Å². The first-order chi connectivity index (χ1) is 12.1. The van der Waals surface area contributed by atoms with E-state index in [1.54, 1.807) is 12.1 Å². The van der Waals surface area contributed by atoms with Crippen molar-refractivity contribution in [2.75, 3.05) is 19.6 Å². The van der Waals surface area contributed by atoms with Crippen molar-refractivity contribution in [3.8, 4) is 5.75 Å². The summed E-state index contributed by atoms with van der Waals surface area (Å²) < 4.78 is 11.4. The van der Waals surface area contributed by atoms with Crippen LogP contribution in [0, 0.1) is 13.8 Å². The second-order valence-electron chi connectivity index (χ2n) is 6.32. The highest BCUT2D eigenvalue weighted by atomic mass is 35.5. The molecule has 2 heterocycles. The molecule has 0 atom stereocenters. The Hall–Kier alpha value is -2.24. The quantitative estimate of drug-likeness (QED) is 0.757. The number of benzene rings is 1. The maximum atomic E-state index is 12.2. The first-order valence-corrected chi connectivity index (χ1v) is 8.57. The van der Waals surface area contributed by atoms with E-state index in [0.29, 0.717) is 24.7 Å². The van der Waals surface area contributed by atoms with Gasteiger partial charge in [0.05, 0.1) is 0 Å². The molecule has 1 aromatic carbocycles. The van der Waals surface area contributed by atoms with E-state index in [1.807, 2.05) is 26.0 Å². The molecule has 0 bridgehead atoms. The number of halogens is 1. The van der Waals surface area contributed by atoms with Crippen molar-refractivity contribution in [3.63, 3.8) is 0 Å². The van der Waals surface area contributed by atoms with E-state index in [1.165, 1.54) is 11.1 Å². The fraction of sp³-hybridized carbons (Fsp3) is 0.350. The molecule has 0 saturated heterocycles. The summed E-state index contributed by atoms with van der Waals surface area (Å²) in [6.45, 7) is 6.75. The highest BCUT2D eigenvalue weighted by Gasteiger charge is 2.13. The second kappa shape index (κ2) is 9.46. The molecule has 0 fully saturated rings. The van der Waals surface area contributed by atoms with Gasteiger partial charge in [0, 0.05) is 13.1 Å².